The van der Waals surface area contributed by atoms with Crippen LogP contribution >= 0.6 is 0 Å². The van der Waals surface area contributed by atoms with E-state index in [2.05, 4.69) is 17.3 Å². The first kappa shape index (κ1) is 16.5. The molecule has 2 aromatic rings. The Morgan fingerprint density at radius 2 is 2.09 bits per heavy atom. The van der Waals surface area contributed by atoms with Gasteiger partial charge in [-0.1, -0.05) is 11.6 Å². The van der Waals surface area contributed by atoms with Gasteiger partial charge in [0.15, 0.2) is 0 Å². The van der Waals surface area contributed by atoms with Gasteiger partial charge in [0, 0.05) is 24.3 Å². The zero-order chi connectivity index (χ0) is 16.1. The second-order valence-electron chi connectivity index (χ2n) is 5.81. The van der Waals surface area contributed by atoms with Crippen LogP contribution in [0.15, 0.2) is 30.6 Å². The predicted octanol–water partition coefficient (Wildman–Crippen LogP) is 2.22. The van der Waals surface area contributed by atoms with Crippen LogP contribution in [-0.2, 0) is 6.54 Å². The zero-order valence-corrected chi connectivity index (χ0v) is 13.7. The van der Waals surface area contributed by atoms with Crippen LogP contribution in [-0.4, -0.2) is 34.6 Å². The minimum absolute atomic E-state index is 0.213. The van der Waals surface area contributed by atoms with E-state index in [-0.39, 0.29) is 6.04 Å². The van der Waals surface area contributed by atoms with Crippen molar-refractivity contribution in [2.24, 2.45) is 0 Å². The molecule has 0 aliphatic heterocycles. The first-order valence-corrected chi connectivity index (χ1v) is 7.54. The monoisotopic (exact) mass is 303 g/mol. The lowest BCUT2D eigenvalue weighted by molar-refractivity contribution is 0.165. The molecule has 0 amide bonds. The molecule has 1 heterocycles. The predicted molar refractivity (Wildman–Crippen MR) is 87.1 cm³/mol. The number of ether oxygens (including phenoxy) is 1. The number of aryl methyl sites for hydroxylation is 2. The van der Waals surface area contributed by atoms with Gasteiger partial charge in [-0.05, 0) is 38.5 Å². The van der Waals surface area contributed by atoms with Gasteiger partial charge in [0.05, 0.1) is 26.0 Å². The van der Waals surface area contributed by atoms with Crippen LogP contribution in [0.2, 0.25) is 0 Å². The van der Waals surface area contributed by atoms with Crippen LogP contribution in [0.3, 0.4) is 0 Å². The minimum Gasteiger partial charge on any atom is -0.496 e. The molecule has 0 aliphatic carbocycles. The minimum atomic E-state index is -0.600. The van der Waals surface area contributed by atoms with Gasteiger partial charge in [0.25, 0.3) is 0 Å². The van der Waals surface area contributed by atoms with Crippen LogP contribution < -0.4 is 10.1 Å². The van der Waals surface area contributed by atoms with Crippen LogP contribution in [0.4, 0.5) is 0 Å². The fraction of sp³-hybridized carbons (Fsp3) is 0.471. The van der Waals surface area contributed by atoms with Gasteiger partial charge in [-0.2, -0.15) is 5.10 Å². The van der Waals surface area contributed by atoms with E-state index in [0.717, 1.165) is 29.0 Å². The molecule has 0 saturated carbocycles. The van der Waals surface area contributed by atoms with Crippen LogP contribution in [0, 0.1) is 13.8 Å². The molecule has 1 aromatic carbocycles. The van der Waals surface area contributed by atoms with Crippen LogP contribution in [0.5, 0.6) is 5.75 Å². The number of rotatable bonds is 7. The molecule has 22 heavy (non-hydrogen) atoms. The Bertz CT molecular complexity index is 610. The Balaban J connectivity index is 1.92. The quantitative estimate of drug-likeness (QED) is 0.823. The number of nitrogens with zero attached hydrogens (tertiary/aromatic N) is 2. The molecule has 2 atom stereocenters. The molecule has 0 aliphatic rings. The molecule has 0 bridgehead atoms. The molecule has 0 unspecified atom stereocenters. The normalized spacial score (nSPS) is 13.9. The average Bonchev–Trinajstić information content (AvgIpc) is 2.89. The highest BCUT2D eigenvalue weighted by Crippen LogP contribution is 2.25. The SMILES string of the molecule is COc1ccc(C)cc1[C@H](O)CN[C@H](C)Cn1cc(C)cn1. The Labute approximate surface area is 131 Å². The Morgan fingerprint density at radius 3 is 2.73 bits per heavy atom. The molecule has 5 heteroatoms. The number of aliphatic hydroxyl groups excluding tert-OH is 1. The first-order valence-electron chi connectivity index (χ1n) is 7.54. The van der Waals surface area contributed by atoms with Gasteiger partial charge < -0.3 is 15.2 Å². The highest BCUT2D eigenvalue weighted by atomic mass is 16.5. The van der Waals surface area contributed by atoms with Gasteiger partial charge >= 0.3 is 0 Å². The fourth-order valence-electron chi connectivity index (χ4n) is 2.45. The van der Waals surface area contributed by atoms with E-state index in [0.29, 0.717) is 6.54 Å². The number of methoxy groups -OCH3 is 1. The summed E-state index contributed by atoms with van der Waals surface area (Å²) in [7, 11) is 1.62. The van der Waals surface area contributed by atoms with E-state index < -0.39 is 6.10 Å². The van der Waals surface area contributed by atoms with Crippen molar-refractivity contribution >= 4 is 0 Å². The maximum atomic E-state index is 10.4. The second kappa shape index (κ2) is 7.42. The summed E-state index contributed by atoms with van der Waals surface area (Å²) in [6, 6.07) is 6.05. The lowest BCUT2D eigenvalue weighted by Crippen LogP contribution is -2.34. The third-order valence-corrected chi connectivity index (χ3v) is 3.63. The number of aliphatic hydroxyl groups is 1. The summed E-state index contributed by atoms with van der Waals surface area (Å²) in [6.45, 7) is 7.35. The van der Waals surface area contributed by atoms with Crippen molar-refractivity contribution in [3.63, 3.8) is 0 Å². The van der Waals surface area contributed by atoms with Gasteiger partial charge in [-0.25, -0.2) is 0 Å². The Morgan fingerprint density at radius 1 is 1.32 bits per heavy atom. The van der Waals surface area contributed by atoms with E-state index in [1.165, 1.54) is 0 Å². The van der Waals surface area contributed by atoms with Crippen molar-refractivity contribution < 1.29 is 9.84 Å². The van der Waals surface area contributed by atoms with Crippen molar-refractivity contribution in [2.45, 2.75) is 39.5 Å². The van der Waals surface area contributed by atoms with Gasteiger partial charge in [-0.3, -0.25) is 4.68 Å². The van der Waals surface area contributed by atoms with E-state index in [4.69, 9.17) is 4.74 Å². The summed E-state index contributed by atoms with van der Waals surface area (Å²) in [4.78, 5) is 0. The maximum Gasteiger partial charge on any atom is 0.124 e. The van der Waals surface area contributed by atoms with Crippen molar-refractivity contribution in [2.75, 3.05) is 13.7 Å². The summed E-state index contributed by atoms with van der Waals surface area (Å²) >= 11 is 0. The topological polar surface area (TPSA) is 59.3 Å². The molecule has 120 valence electrons. The molecule has 0 saturated heterocycles. The number of aromatic nitrogens is 2. The third kappa shape index (κ3) is 4.32. The summed E-state index contributed by atoms with van der Waals surface area (Å²) < 4.78 is 7.23. The molecular weight excluding hydrogens is 278 g/mol. The van der Waals surface area contributed by atoms with Crippen LogP contribution in [0.1, 0.15) is 29.7 Å². The molecule has 5 nitrogen and oxygen atoms in total. The van der Waals surface area contributed by atoms with E-state index in [1.807, 2.05) is 49.1 Å². The Kier molecular flexibility index (Phi) is 5.57. The third-order valence-electron chi connectivity index (χ3n) is 3.63. The largest absolute Gasteiger partial charge is 0.496 e. The van der Waals surface area contributed by atoms with Crippen molar-refractivity contribution in [3.05, 3.63) is 47.3 Å². The molecule has 2 N–H and O–H groups in total. The standard InChI is InChI=1S/C17H25N3O2/c1-12-5-6-17(22-4)15(7-12)16(21)9-18-14(3)11-20-10-13(2)8-19-20/h5-8,10,14,16,18,21H,9,11H2,1-4H3/t14-,16-/m1/s1. The molecule has 1 aromatic heterocycles. The lowest BCUT2D eigenvalue weighted by atomic mass is 10.0. The van der Waals surface area contributed by atoms with Crippen molar-refractivity contribution in [1.29, 1.82) is 0 Å². The summed E-state index contributed by atoms with van der Waals surface area (Å²) in [5.74, 6) is 0.718. The summed E-state index contributed by atoms with van der Waals surface area (Å²) in [5.41, 5.74) is 3.07. The van der Waals surface area contributed by atoms with E-state index >= 15 is 0 Å². The fourth-order valence-corrected chi connectivity index (χ4v) is 2.45. The van der Waals surface area contributed by atoms with Crippen LogP contribution in [0.25, 0.3) is 0 Å². The summed E-state index contributed by atoms with van der Waals surface area (Å²) in [5, 5.41) is 18.0. The number of nitrogens with one attached hydrogen (secondary N) is 1. The highest BCUT2D eigenvalue weighted by Gasteiger charge is 2.14. The van der Waals surface area contributed by atoms with Crippen molar-refractivity contribution in [1.82, 2.24) is 15.1 Å². The average molecular weight is 303 g/mol. The number of hydrogen-bond acceptors (Lipinski definition) is 4. The molecular formula is C17H25N3O2. The van der Waals surface area contributed by atoms with Crippen molar-refractivity contribution in [3.8, 4) is 5.75 Å². The number of benzene rings is 1. The number of hydrogen-bond donors (Lipinski definition) is 2. The molecule has 0 spiro atoms. The summed E-state index contributed by atoms with van der Waals surface area (Å²) in [6.07, 6.45) is 3.26. The lowest BCUT2D eigenvalue weighted by Gasteiger charge is -2.19. The second-order valence-corrected chi connectivity index (χ2v) is 5.81. The highest BCUT2D eigenvalue weighted by molar-refractivity contribution is 5.38. The molecule has 0 radical (unpaired) electrons. The maximum absolute atomic E-state index is 10.4. The van der Waals surface area contributed by atoms with E-state index in [1.54, 1.807) is 7.11 Å². The first-order chi connectivity index (χ1) is 10.5. The molecule has 2 rings (SSSR count). The smallest absolute Gasteiger partial charge is 0.124 e. The Hall–Kier alpha value is -1.85. The van der Waals surface area contributed by atoms with Gasteiger partial charge in [0.1, 0.15) is 5.75 Å². The van der Waals surface area contributed by atoms with E-state index in [9.17, 15) is 5.11 Å². The zero-order valence-electron chi connectivity index (χ0n) is 13.7. The van der Waals surface area contributed by atoms with Gasteiger partial charge in [0.2, 0.25) is 0 Å². The molecule has 0 fully saturated rings. The van der Waals surface area contributed by atoms with Gasteiger partial charge in [-0.15, -0.1) is 0 Å².